The van der Waals surface area contributed by atoms with Crippen LogP contribution in [0.5, 0.6) is 0 Å². The van der Waals surface area contributed by atoms with Crippen LogP contribution in [-0.4, -0.2) is 31.6 Å². The average Bonchev–Trinajstić information content (AvgIpc) is 2.93. The average molecular weight is 276 g/mol. The zero-order valence-electron chi connectivity index (χ0n) is 11.9. The van der Waals surface area contributed by atoms with Crippen LogP contribution in [-0.2, 0) is 9.53 Å². The lowest BCUT2D eigenvalue weighted by molar-refractivity contribution is -0.116. The van der Waals surface area contributed by atoms with Crippen molar-refractivity contribution in [2.45, 2.75) is 32.2 Å². The van der Waals surface area contributed by atoms with Crippen LogP contribution in [0.2, 0.25) is 0 Å². The lowest BCUT2D eigenvalue weighted by atomic mass is 10.1. The second kappa shape index (κ2) is 6.52. The van der Waals surface area contributed by atoms with E-state index in [1.54, 1.807) is 25.1 Å². The molecule has 0 spiro atoms. The third kappa shape index (κ3) is 3.36. The van der Waals surface area contributed by atoms with Gasteiger partial charge in [-0.3, -0.25) is 4.79 Å². The van der Waals surface area contributed by atoms with Crippen molar-refractivity contribution in [1.82, 2.24) is 5.32 Å². The zero-order chi connectivity index (χ0) is 14.5. The Kier molecular flexibility index (Phi) is 4.74. The molecule has 108 valence electrons. The van der Waals surface area contributed by atoms with E-state index in [1.807, 2.05) is 0 Å². The molecule has 1 aliphatic heterocycles. The minimum Gasteiger partial charge on any atom is -0.465 e. The number of carbonyl (C=O) groups is 2. The van der Waals surface area contributed by atoms with Gasteiger partial charge in [0.2, 0.25) is 5.91 Å². The van der Waals surface area contributed by atoms with Gasteiger partial charge < -0.3 is 15.4 Å². The summed E-state index contributed by atoms with van der Waals surface area (Å²) in [5.74, 6) is -0.425. The summed E-state index contributed by atoms with van der Waals surface area (Å²) in [7, 11) is 1.35. The van der Waals surface area contributed by atoms with Crippen molar-refractivity contribution >= 4 is 17.6 Å². The molecule has 0 radical (unpaired) electrons. The highest BCUT2D eigenvalue weighted by Crippen LogP contribution is 2.20. The highest BCUT2D eigenvalue weighted by atomic mass is 16.5. The van der Waals surface area contributed by atoms with Crippen LogP contribution < -0.4 is 10.6 Å². The Balaban J connectivity index is 2.05. The maximum atomic E-state index is 12.0. The van der Waals surface area contributed by atoms with Crippen molar-refractivity contribution < 1.29 is 14.3 Å². The van der Waals surface area contributed by atoms with Gasteiger partial charge in [0.15, 0.2) is 0 Å². The number of hydrogen-bond acceptors (Lipinski definition) is 4. The Morgan fingerprint density at radius 2 is 2.25 bits per heavy atom. The van der Waals surface area contributed by atoms with E-state index < -0.39 is 5.97 Å². The Hall–Kier alpha value is -1.88. The standard InChI is InChI=1S/C15H20N2O3/c1-10-12(15(19)20-2)6-3-7-13(10)17-14(18)9-11-5-4-8-16-11/h3,6-7,11,16H,4-5,8-9H2,1-2H3,(H,17,18). The summed E-state index contributed by atoms with van der Waals surface area (Å²) in [6.07, 6.45) is 2.62. The first-order valence-corrected chi connectivity index (χ1v) is 6.83. The minimum atomic E-state index is -0.393. The number of amides is 1. The van der Waals surface area contributed by atoms with Gasteiger partial charge in [-0.1, -0.05) is 6.07 Å². The van der Waals surface area contributed by atoms with Crippen LogP contribution >= 0.6 is 0 Å². The summed E-state index contributed by atoms with van der Waals surface area (Å²) in [5.41, 5.74) is 1.87. The van der Waals surface area contributed by atoms with Crippen LogP contribution in [0.3, 0.4) is 0 Å². The SMILES string of the molecule is COC(=O)c1cccc(NC(=O)CC2CCCN2)c1C. The van der Waals surface area contributed by atoms with E-state index in [-0.39, 0.29) is 11.9 Å². The minimum absolute atomic E-state index is 0.0329. The van der Waals surface area contributed by atoms with Gasteiger partial charge >= 0.3 is 5.97 Å². The van der Waals surface area contributed by atoms with Crippen molar-refractivity contribution in [3.8, 4) is 0 Å². The van der Waals surface area contributed by atoms with E-state index >= 15 is 0 Å². The molecule has 1 fully saturated rings. The molecule has 2 N–H and O–H groups in total. The van der Waals surface area contributed by atoms with Gasteiger partial charge in [0.05, 0.1) is 12.7 Å². The third-order valence-corrected chi connectivity index (χ3v) is 3.61. The molecule has 5 heteroatoms. The number of methoxy groups -OCH3 is 1. The summed E-state index contributed by atoms with van der Waals surface area (Å²) in [6, 6.07) is 5.49. The molecule has 1 aromatic carbocycles. The fourth-order valence-corrected chi connectivity index (χ4v) is 2.46. The van der Waals surface area contributed by atoms with E-state index in [2.05, 4.69) is 10.6 Å². The summed E-state index contributed by atoms with van der Waals surface area (Å²) >= 11 is 0. The lowest BCUT2D eigenvalue weighted by Crippen LogP contribution is -2.27. The predicted molar refractivity (Wildman–Crippen MR) is 76.8 cm³/mol. The van der Waals surface area contributed by atoms with Gasteiger partial charge in [-0.25, -0.2) is 4.79 Å². The normalized spacial score (nSPS) is 17.8. The smallest absolute Gasteiger partial charge is 0.338 e. The molecule has 20 heavy (non-hydrogen) atoms. The molecule has 0 saturated carbocycles. The van der Waals surface area contributed by atoms with E-state index in [0.717, 1.165) is 24.9 Å². The van der Waals surface area contributed by atoms with Crippen LogP contribution in [0, 0.1) is 6.92 Å². The molecule has 2 rings (SSSR count). The van der Waals surface area contributed by atoms with E-state index in [0.29, 0.717) is 17.7 Å². The van der Waals surface area contributed by atoms with E-state index in [9.17, 15) is 9.59 Å². The van der Waals surface area contributed by atoms with Gasteiger partial charge in [0.25, 0.3) is 0 Å². The van der Waals surface area contributed by atoms with Crippen molar-refractivity contribution in [2.24, 2.45) is 0 Å². The quantitative estimate of drug-likeness (QED) is 0.824. The molecule has 1 atom stereocenters. The van der Waals surface area contributed by atoms with E-state index in [1.165, 1.54) is 7.11 Å². The zero-order valence-corrected chi connectivity index (χ0v) is 11.9. The fourth-order valence-electron chi connectivity index (χ4n) is 2.46. The van der Waals surface area contributed by atoms with Crippen LogP contribution in [0.15, 0.2) is 18.2 Å². The fraction of sp³-hybridized carbons (Fsp3) is 0.467. The molecule has 5 nitrogen and oxygen atoms in total. The van der Waals surface area contributed by atoms with Gasteiger partial charge in [-0.15, -0.1) is 0 Å². The van der Waals surface area contributed by atoms with Crippen LogP contribution in [0.25, 0.3) is 0 Å². The van der Waals surface area contributed by atoms with E-state index in [4.69, 9.17) is 4.74 Å². The first kappa shape index (κ1) is 14.5. The van der Waals surface area contributed by atoms with Crippen molar-refractivity contribution in [1.29, 1.82) is 0 Å². The largest absolute Gasteiger partial charge is 0.465 e. The van der Waals surface area contributed by atoms with Gasteiger partial charge in [0.1, 0.15) is 0 Å². The monoisotopic (exact) mass is 276 g/mol. The second-order valence-corrected chi connectivity index (χ2v) is 5.02. The first-order chi connectivity index (χ1) is 9.61. The molecule has 1 saturated heterocycles. The highest BCUT2D eigenvalue weighted by Gasteiger charge is 2.19. The maximum Gasteiger partial charge on any atom is 0.338 e. The number of rotatable bonds is 4. The van der Waals surface area contributed by atoms with Crippen molar-refractivity contribution in [3.63, 3.8) is 0 Å². The van der Waals surface area contributed by atoms with Crippen molar-refractivity contribution in [2.75, 3.05) is 19.0 Å². The lowest BCUT2D eigenvalue weighted by Gasteiger charge is -2.13. The molecule has 1 aliphatic rings. The molecule has 0 aromatic heterocycles. The van der Waals surface area contributed by atoms with Gasteiger partial charge in [-0.2, -0.15) is 0 Å². The van der Waals surface area contributed by atoms with Gasteiger partial charge in [0, 0.05) is 18.2 Å². The number of nitrogens with one attached hydrogen (secondary N) is 2. The van der Waals surface area contributed by atoms with Crippen LogP contribution in [0.1, 0.15) is 35.2 Å². The number of ether oxygens (including phenoxy) is 1. The number of carbonyl (C=O) groups excluding carboxylic acids is 2. The topological polar surface area (TPSA) is 67.4 Å². The molecular formula is C15H20N2O3. The highest BCUT2D eigenvalue weighted by molar-refractivity contribution is 5.96. The number of benzene rings is 1. The summed E-state index contributed by atoms with van der Waals surface area (Å²) < 4.78 is 4.72. The summed E-state index contributed by atoms with van der Waals surface area (Å²) in [4.78, 5) is 23.6. The molecular weight excluding hydrogens is 256 g/mol. The molecule has 1 heterocycles. The summed E-state index contributed by atoms with van der Waals surface area (Å²) in [6.45, 7) is 2.78. The summed E-state index contributed by atoms with van der Waals surface area (Å²) in [5, 5.41) is 6.16. The predicted octanol–water partition coefficient (Wildman–Crippen LogP) is 1.86. The van der Waals surface area contributed by atoms with Crippen molar-refractivity contribution in [3.05, 3.63) is 29.3 Å². The maximum absolute atomic E-state index is 12.0. The second-order valence-electron chi connectivity index (χ2n) is 5.02. The van der Waals surface area contributed by atoms with Gasteiger partial charge in [-0.05, 0) is 44.0 Å². The Labute approximate surface area is 118 Å². The Morgan fingerprint density at radius 1 is 1.45 bits per heavy atom. The Morgan fingerprint density at radius 3 is 2.90 bits per heavy atom. The molecule has 1 amide bonds. The number of hydrogen-bond donors (Lipinski definition) is 2. The molecule has 1 aromatic rings. The van der Waals surface area contributed by atoms with Crippen LogP contribution in [0.4, 0.5) is 5.69 Å². The first-order valence-electron chi connectivity index (χ1n) is 6.83. The third-order valence-electron chi connectivity index (χ3n) is 3.61. The molecule has 1 unspecified atom stereocenters. The number of esters is 1. The Bertz CT molecular complexity index is 508. The number of anilines is 1. The molecule has 0 aliphatic carbocycles. The molecule has 0 bridgehead atoms.